The van der Waals surface area contributed by atoms with E-state index in [2.05, 4.69) is 4.98 Å². The molecule has 1 heterocycles. The Morgan fingerprint density at radius 3 is 2.58 bits per heavy atom. The Kier molecular flexibility index (Phi) is 7.83. The molecule has 3 atom stereocenters. The second-order valence-electron chi connectivity index (χ2n) is 7.97. The van der Waals surface area contributed by atoms with E-state index in [0.717, 1.165) is 30.3 Å². The molecule has 1 fully saturated rings. The number of halogens is 1. The van der Waals surface area contributed by atoms with Gasteiger partial charge in [0, 0.05) is 41.4 Å². The number of aliphatic hydroxyl groups excluding tert-OH is 1. The second-order valence-corrected chi connectivity index (χ2v) is 10.1. The van der Waals surface area contributed by atoms with E-state index in [9.17, 15) is 24.5 Å². The maximum Gasteiger partial charge on any atom is 0.356 e. The van der Waals surface area contributed by atoms with E-state index in [1.165, 1.54) is 12.1 Å². The highest BCUT2D eigenvalue weighted by atomic mass is 35.5. The third-order valence-electron chi connectivity index (χ3n) is 5.95. The van der Waals surface area contributed by atoms with Crippen molar-refractivity contribution in [2.24, 2.45) is 11.8 Å². The number of aliphatic hydroxyl groups is 1. The number of alkyl halides is 1. The molecule has 2 aromatic rings. The van der Waals surface area contributed by atoms with Gasteiger partial charge in [-0.15, -0.1) is 11.6 Å². The summed E-state index contributed by atoms with van der Waals surface area (Å²) in [4.78, 5) is 34.1. The van der Waals surface area contributed by atoms with Crippen LogP contribution in [-0.4, -0.2) is 36.8 Å². The molecule has 1 aromatic carbocycles. The Morgan fingerprint density at radius 1 is 1.16 bits per heavy atom. The molecule has 31 heavy (non-hydrogen) atoms. The Morgan fingerprint density at radius 2 is 1.90 bits per heavy atom. The first-order valence-electron chi connectivity index (χ1n) is 10.2. The van der Waals surface area contributed by atoms with Gasteiger partial charge in [0.25, 0.3) is 5.69 Å². The van der Waals surface area contributed by atoms with Gasteiger partial charge in [0.2, 0.25) is 0 Å². The van der Waals surface area contributed by atoms with Crippen LogP contribution in [0.5, 0.6) is 0 Å². The molecule has 0 bridgehead atoms. The summed E-state index contributed by atoms with van der Waals surface area (Å²) < 4.78 is 11.4. The van der Waals surface area contributed by atoms with Gasteiger partial charge in [0.1, 0.15) is 0 Å². The lowest BCUT2D eigenvalue weighted by Crippen LogP contribution is -2.20. The van der Waals surface area contributed by atoms with E-state index in [0.29, 0.717) is 31.2 Å². The molecule has 0 spiro atoms. The van der Waals surface area contributed by atoms with Crippen molar-refractivity contribution in [3.8, 4) is 0 Å². The monoisotopic (exact) mass is 468 g/mol. The van der Waals surface area contributed by atoms with E-state index in [4.69, 9.17) is 16.7 Å². The van der Waals surface area contributed by atoms with Crippen LogP contribution in [0.4, 0.5) is 5.69 Å². The van der Waals surface area contributed by atoms with E-state index >= 15 is 0 Å². The first-order valence-corrected chi connectivity index (χ1v) is 12.3. The van der Waals surface area contributed by atoms with Crippen LogP contribution in [-0.2, 0) is 23.8 Å². The highest BCUT2D eigenvalue weighted by Gasteiger charge is 2.35. The smallest absolute Gasteiger partial charge is 0.356 e. The van der Waals surface area contributed by atoms with Crippen molar-refractivity contribution in [3.05, 3.63) is 63.5 Å². The molecular weight excluding hydrogens is 443 g/mol. The van der Waals surface area contributed by atoms with Gasteiger partial charge < -0.3 is 14.9 Å². The summed E-state index contributed by atoms with van der Waals surface area (Å²) in [6, 6.07) is 9.43. The van der Waals surface area contributed by atoms with Gasteiger partial charge >= 0.3 is 7.60 Å². The second kappa shape index (κ2) is 10.2. The first kappa shape index (κ1) is 23.8. The van der Waals surface area contributed by atoms with Gasteiger partial charge in [-0.05, 0) is 62.1 Å². The number of nitro groups is 1. The number of benzene rings is 1. The van der Waals surface area contributed by atoms with Crippen molar-refractivity contribution >= 4 is 30.2 Å². The summed E-state index contributed by atoms with van der Waals surface area (Å²) in [7, 11) is -4.55. The highest BCUT2D eigenvalue weighted by molar-refractivity contribution is 7.60. The highest BCUT2D eigenvalue weighted by Crippen LogP contribution is 2.41. The lowest BCUT2D eigenvalue weighted by molar-refractivity contribution is -0.385. The van der Waals surface area contributed by atoms with Gasteiger partial charge in [0.15, 0.2) is 0 Å². The zero-order chi connectivity index (χ0) is 22.6. The van der Waals surface area contributed by atoms with Crippen LogP contribution in [0.25, 0.3) is 0 Å². The molecule has 2 unspecified atom stereocenters. The lowest BCUT2D eigenvalue weighted by atomic mass is 9.86. The van der Waals surface area contributed by atoms with Crippen molar-refractivity contribution in [2.75, 3.05) is 6.61 Å². The number of rotatable bonds is 9. The number of nitro benzene ring substituents is 1. The fourth-order valence-electron chi connectivity index (χ4n) is 4.34. The standard InChI is InChI=1S/C21H26ClN2O6P/c22-20-9-7-14(19(20)12-17-3-1-2-16(23-17)10-11-25)4-5-15-6-8-18(31(28,29)30)13-21(15)24(26)27/h1-3,6,8,13-14,19-20,25H,4-5,7,9-12H2,(H2,28,29,30)/t14-,19?,20?/m0/s1. The molecule has 0 saturated heterocycles. The van der Waals surface area contributed by atoms with E-state index in [1.54, 1.807) is 0 Å². The molecule has 1 aromatic heterocycles. The minimum atomic E-state index is -4.55. The predicted octanol–water partition coefficient (Wildman–Crippen LogP) is 3.14. The molecule has 10 heteroatoms. The molecule has 3 rings (SSSR count). The molecule has 1 aliphatic carbocycles. The number of aryl methyl sites for hydroxylation is 1. The topological polar surface area (TPSA) is 134 Å². The summed E-state index contributed by atoms with van der Waals surface area (Å²) in [6.45, 7) is 0.0419. The van der Waals surface area contributed by atoms with Crippen molar-refractivity contribution < 1.29 is 24.4 Å². The number of nitrogens with zero attached hydrogens (tertiary/aromatic N) is 2. The molecule has 3 N–H and O–H groups in total. The Hall–Kier alpha value is -1.83. The molecule has 8 nitrogen and oxygen atoms in total. The van der Waals surface area contributed by atoms with Crippen LogP contribution < -0.4 is 5.30 Å². The molecule has 0 radical (unpaired) electrons. The van der Waals surface area contributed by atoms with Crippen LogP contribution >= 0.6 is 19.2 Å². The summed E-state index contributed by atoms with van der Waals surface area (Å²) in [5, 5.41) is 20.2. The molecule has 168 valence electrons. The maximum atomic E-state index is 11.4. The quantitative estimate of drug-likeness (QED) is 0.223. The van der Waals surface area contributed by atoms with Crippen LogP contribution in [0, 0.1) is 22.0 Å². The Labute approximate surface area is 185 Å². The van der Waals surface area contributed by atoms with Gasteiger partial charge in [0.05, 0.1) is 10.2 Å². The van der Waals surface area contributed by atoms with E-state index in [1.807, 2.05) is 18.2 Å². The zero-order valence-corrected chi connectivity index (χ0v) is 18.6. The average molecular weight is 469 g/mol. The normalized spacial score (nSPS) is 21.4. The van der Waals surface area contributed by atoms with Crippen molar-refractivity contribution in [1.29, 1.82) is 0 Å². The first-order chi connectivity index (χ1) is 14.7. The molecule has 0 aliphatic heterocycles. The third-order valence-corrected chi connectivity index (χ3v) is 7.44. The summed E-state index contributed by atoms with van der Waals surface area (Å²) in [6.07, 6.45) is 4.12. The molecule has 0 amide bonds. The van der Waals surface area contributed by atoms with Crippen molar-refractivity contribution in [1.82, 2.24) is 4.98 Å². The lowest BCUT2D eigenvalue weighted by Gasteiger charge is -2.22. The zero-order valence-electron chi connectivity index (χ0n) is 16.9. The minimum absolute atomic E-state index is 0.000294. The number of hydrogen-bond donors (Lipinski definition) is 3. The van der Waals surface area contributed by atoms with Crippen LogP contribution in [0.3, 0.4) is 0 Å². The largest absolute Gasteiger partial charge is 0.396 e. The SMILES string of the molecule is O=[N+]([O-])c1cc(P(=O)(O)O)ccc1CC[C@H]1CCC(Cl)C1Cc1cccc(CCO)n1. The van der Waals surface area contributed by atoms with Crippen LogP contribution in [0.1, 0.15) is 36.2 Å². The predicted molar refractivity (Wildman–Crippen MR) is 118 cm³/mol. The fourth-order valence-corrected chi connectivity index (χ4v) is 5.32. The number of pyridine rings is 1. The van der Waals surface area contributed by atoms with Crippen molar-refractivity contribution in [3.63, 3.8) is 0 Å². The number of aromatic nitrogens is 1. The molecule has 1 saturated carbocycles. The van der Waals surface area contributed by atoms with E-state index in [-0.39, 0.29) is 34.8 Å². The minimum Gasteiger partial charge on any atom is -0.396 e. The fraction of sp³-hybridized carbons (Fsp3) is 0.476. The maximum absolute atomic E-state index is 11.4. The summed E-state index contributed by atoms with van der Waals surface area (Å²) in [5.74, 6) is 0.457. The Balaban J connectivity index is 1.72. The Bertz CT molecular complexity index is 982. The van der Waals surface area contributed by atoms with Gasteiger partial charge in [-0.1, -0.05) is 12.1 Å². The van der Waals surface area contributed by atoms with E-state index < -0.39 is 12.5 Å². The third kappa shape index (κ3) is 6.11. The molecular formula is C21H26ClN2O6P. The summed E-state index contributed by atoms with van der Waals surface area (Å²) >= 11 is 6.60. The van der Waals surface area contributed by atoms with Crippen LogP contribution in [0.15, 0.2) is 36.4 Å². The van der Waals surface area contributed by atoms with Gasteiger partial charge in [-0.3, -0.25) is 19.7 Å². The number of hydrogen-bond acceptors (Lipinski definition) is 5. The average Bonchev–Trinajstić information content (AvgIpc) is 3.05. The summed E-state index contributed by atoms with van der Waals surface area (Å²) in [5.41, 5.74) is 1.95. The van der Waals surface area contributed by atoms with Gasteiger partial charge in [-0.25, -0.2) is 0 Å². The molecule has 1 aliphatic rings. The van der Waals surface area contributed by atoms with Crippen LogP contribution in [0.2, 0.25) is 0 Å². The van der Waals surface area contributed by atoms with Crippen molar-refractivity contribution in [2.45, 2.75) is 43.9 Å². The van der Waals surface area contributed by atoms with Gasteiger partial charge in [-0.2, -0.15) is 0 Å².